The third-order valence-electron chi connectivity index (χ3n) is 8.96. The molecule has 2 N–H and O–H groups in total. The van der Waals surface area contributed by atoms with Gasteiger partial charge in [0, 0.05) is 36.0 Å². The van der Waals surface area contributed by atoms with Gasteiger partial charge in [0.2, 0.25) is 5.91 Å². The van der Waals surface area contributed by atoms with Crippen LogP contribution in [0.5, 0.6) is 0 Å². The van der Waals surface area contributed by atoms with Gasteiger partial charge in [0.1, 0.15) is 5.82 Å². The lowest BCUT2D eigenvalue weighted by Crippen LogP contribution is -2.31. The second-order valence-electron chi connectivity index (χ2n) is 11.5. The SMILES string of the molecule is Cc1c(C(C)n2cc(NC(=O)c3nc(-c4c(C(F)F)ccc(Cl)c4F)cnc3CO)cn2)cnc(N2CC3C(C)C3C2=O)c1C. The molecule has 234 valence electrons. The highest BCUT2D eigenvalue weighted by Crippen LogP contribution is 2.53. The topological polar surface area (TPSA) is 126 Å². The summed E-state index contributed by atoms with van der Waals surface area (Å²) in [7, 11) is 0. The lowest BCUT2D eigenvalue weighted by molar-refractivity contribution is -0.119. The van der Waals surface area contributed by atoms with Crippen LogP contribution in [0.1, 0.15) is 64.8 Å². The summed E-state index contributed by atoms with van der Waals surface area (Å²) in [4.78, 5) is 40.6. The van der Waals surface area contributed by atoms with Gasteiger partial charge < -0.3 is 10.4 Å². The molecule has 1 aromatic carbocycles. The van der Waals surface area contributed by atoms with Crippen LogP contribution in [0.3, 0.4) is 0 Å². The lowest BCUT2D eigenvalue weighted by atomic mass is 10.0. The summed E-state index contributed by atoms with van der Waals surface area (Å²) in [5, 5.41) is 16.4. The van der Waals surface area contributed by atoms with Crippen molar-refractivity contribution in [2.45, 2.75) is 46.8 Å². The molecule has 2 aliphatic rings. The van der Waals surface area contributed by atoms with Gasteiger partial charge in [-0.2, -0.15) is 5.10 Å². The van der Waals surface area contributed by atoms with Gasteiger partial charge in [0.15, 0.2) is 11.5 Å². The number of halogens is 4. The average Bonchev–Trinajstić information content (AvgIpc) is 3.30. The molecule has 0 radical (unpaired) electrons. The summed E-state index contributed by atoms with van der Waals surface area (Å²) in [5.41, 5.74) is 0.896. The van der Waals surface area contributed by atoms with Crippen LogP contribution in [0.2, 0.25) is 5.02 Å². The molecule has 1 aliphatic heterocycles. The van der Waals surface area contributed by atoms with E-state index in [0.29, 0.717) is 24.2 Å². The van der Waals surface area contributed by atoms with Crippen LogP contribution in [0, 0.1) is 37.4 Å². The maximum atomic E-state index is 14.9. The number of benzene rings is 1. The highest BCUT2D eigenvalue weighted by molar-refractivity contribution is 6.31. The molecular weight excluding hydrogens is 611 g/mol. The van der Waals surface area contributed by atoms with Crippen molar-refractivity contribution in [2.75, 3.05) is 16.8 Å². The highest BCUT2D eigenvalue weighted by atomic mass is 35.5. The van der Waals surface area contributed by atoms with E-state index in [1.807, 2.05) is 20.8 Å². The van der Waals surface area contributed by atoms with E-state index in [1.165, 1.54) is 6.20 Å². The van der Waals surface area contributed by atoms with Crippen molar-refractivity contribution in [3.63, 3.8) is 0 Å². The molecule has 1 saturated heterocycles. The maximum absolute atomic E-state index is 14.9. The minimum Gasteiger partial charge on any atom is -0.390 e. The number of anilines is 2. The molecule has 0 spiro atoms. The zero-order chi connectivity index (χ0) is 32.3. The molecule has 3 aromatic heterocycles. The molecular formula is C31H29ClF3N7O3. The quantitative estimate of drug-likeness (QED) is 0.255. The molecule has 4 atom stereocenters. The molecule has 0 bridgehead atoms. The summed E-state index contributed by atoms with van der Waals surface area (Å²) in [6.07, 6.45) is 2.68. The van der Waals surface area contributed by atoms with Crippen LogP contribution in [-0.4, -0.2) is 48.2 Å². The molecule has 1 aliphatic carbocycles. The monoisotopic (exact) mass is 639 g/mol. The number of carbonyl (C=O) groups is 2. The first kappa shape index (κ1) is 30.7. The smallest absolute Gasteiger partial charge is 0.276 e. The fourth-order valence-corrected chi connectivity index (χ4v) is 6.25. The molecule has 4 aromatic rings. The van der Waals surface area contributed by atoms with Crippen molar-refractivity contribution < 1.29 is 27.9 Å². The van der Waals surface area contributed by atoms with Gasteiger partial charge >= 0.3 is 0 Å². The van der Waals surface area contributed by atoms with Crippen molar-refractivity contribution in [2.24, 2.45) is 17.8 Å². The molecule has 2 amide bonds. The van der Waals surface area contributed by atoms with Gasteiger partial charge in [0.25, 0.3) is 12.3 Å². The van der Waals surface area contributed by atoms with Crippen LogP contribution in [0.4, 0.5) is 24.7 Å². The summed E-state index contributed by atoms with van der Waals surface area (Å²) >= 11 is 5.84. The molecule has 4 unspecified atom stereocenters. The van der Waals surface area contributed by atoms with Gasteiger partial charge in [-0.05, 0) is 55.4 Å². The Balaban J connectivity index is 1.23. The van der Waals surface area contributed by atoms with E-state index in [-0.39, 0.29) is 40.6 Å². The molecule has 2 fully saturated rings. The van der Waals surface area contributed by atoms with E-state index < -0.39 is 40.9 Å². The second kappa shape index (κ2) is 11.5. The number of hydrogen-bond acceptors (Lipinski definition) is 7. The van der Waals surface area contributed by atoms with Gasteiger partial charge in [-0.25, -0.2) is 23.1 Å². The number of nitrogens with one attached hydrogen (secondary N) is 1. The number of hydrogen-bond donors (Lipinski definition) is 2. The van der Waals surface area contributed by atoms with E-state index in [0.717, 1.165) is 35.0 Å². The first-order valence-electron chi connectivity index (χ1n) is 14.3. The number of rotatable bonds is 8. The summed E-state index contributed by atoms with van der Waals surface area (Å²) in [6, 6.07) is 1.69. The Morgan fingerprint density at radius 3 is 2.58 bits per heavy atom. The Labute approximate surface area is 261 Å². The number of alkyl halides is 2. The number of aliphatic hydroxyl groups is 1. The predicted molar refractivity (Wildman–Crippen MR) is 160 cm³/mol. The third-order valence-corrected chi connectivity index (χ3v) is 9.25. The summed E-state index contributed by atoms with van der Waals surface area (Å²) in [6.45, 7) is 7.92. The van der Waals surface area contributed by atoms with E-state index in [1.54, 1.807) is 22.0 Å². The van der Waals surface area contributed by atoms with Gasteiger partial charge in [-0.3, -0.25) is 24.2 Å². The van der Waals surface area contributed by atoms with Crippen LogP contribution >= 0.6 is 11.6 Å². The van der Waals surface area contributed by atoms with Crippen LogP contribution in [0.15, 0.2) is 36.9 Å². The molecule has 4 heterocycles. The fourth-order valence-electron chi connectivity index (χ4n) is 6.09. The first-order chi connectivity index (χ1) is 21.4. The van der Waals surface area contributed by atoms with Crippen molar-refractivity contribution in [3.8, 4) is 11.3 Å². The molecule has 45 heavy (non-hydrogen) atoms. The van der Waals surface area contributed by atoms with Crippen LogP contribution < -0.4 is 10.2 Å². The number of aromatic nitrogens is 5. The predicted octanol–water partition coefficient (Wildman–Crippen LogP) is 5.66. The molecule has 6 rings (SSSR count). The van der Waals surface area contributed by atoms with Gasteiger partial charge in [-0.1, -0.05) is 24.6 Å². The number of amides is 2. The Bertz CT molecular complexity index is 1850. The molecule has 1 saturated carbocycles. The largest absolute Gasteiger partial charge is 0.390 e. The van der Waals surface area contributed by atoms with Crippen LogP contribution in [-0.2, 0) is 11.4 Å². The number of nitrogens with zero attached hydrogens (tertiary/aromatic N) is 6. The number of fused-ring (bicyclic) bond motifs is 1. The van der Waals surface area contributed by atoms with Gasteiger partial charge in [-0.15, -0.1) is 0 Å². The molecule has 10 nitrogen and oxygen atoms in total. The average molecular weight is 640 g/mol. The Morgan fingerprint density at radius 1 is 1.16 bits per heavy atom. The highest BCUT2D eigenvalue weighted by Gasteiger charge is 2.59. The van der Waals surface area contributed by atoms with E-state index in [4.69, 9.17) is 11.6 Å². The minimum absolute atomic E-state index is 0.0952. The van der Waals surface area contributed by atoms with E-state index >= 15 is 0 Å². The lowest BCUT2D eigenvalue weighted by Gasteiger charge is -2.24. The van der Waals surface area contributed by atoms with Crippen molar-refractivity contribution >= 4 is 34.9 Å². The zero-order valence-electron chi connectivity index (χ0n) is 24.7. The Kier molecular flexibility index (Phi) is 7.86. The fraction of sp³-hybridized carbons (Fsp3) is 0.355. The second-order valence-corrected chi connectivity index (χ2v) is 11.9. The Hall–Kier alpha value is -4.36. The first-order valence-corrected chi connectivity index (χ1v) is 14.7. The van der Waals surface area contributed by atoms with Crippen LogP contribution in [0.25, 0.3) is 11.3 Å². The van der Waals surface area contributed by atoms with Crippen molar-refractivity contribution in [1.82, 2.24) is 24.7 Å². The Morgan fingerprint density at radius 2 is 1.91 bits per heavy atom. The number of pyridine rings is 1. The number of piperidine rings is 1. The van der Waals surface area contributed by atoms with Crippen molar-refractivity contribution in [1.29, 1.82) is 0 Å². The standard InChI is InChI=1S/C31H29ClF3N7O3/c1-13-14(2)29(41-11-20-15(3)24(20)31(41)45)37-8-19(13)16(4)42-10-17(7-38-42)39-30(44)27-23(12-43)36-9-22(40-27)25-18(28(34)35)5-6-21(32)26(25)33/h5-10,15-16,20,24,28,43H,11-12H2,1-4H3,(H,39,44). The maximum Gasteiger partial charge on any atom is 0.276 e. The molecule has 14 heteroatoms. The van der Waals surface area contributed by atoms with Gasteiger partial charge in [0.05, 0.1) is 47.1 Å². The minimum atomic E-state index is -3.05. The zero-order valence-corrected chi connectivity index (χ0v) is 25.5. The normalized spacial score (nSPS) is 19.6. The third kappa shape index (κ3) is 5.23. The van der Waals surface area contributed by atoms with Crippen molar-refractivity contribution in [3.05, 3.63) is 81.4 Å². The number of carbonyl (C=O) groups excluding carboxylic acids is 2. The summed E-state index contributed by atoms with van der Waals surface area (Å²) < 4.78 is 43.9. The number of aliphatic hydroxyl groups excluding tert-OH is 1. The van der Waals surface area contributed by atoms with E-state index in [2.05, 4.69) is 32.3 Å². The van der Waals surface area contributed by atoms with E-state index in [9.17, 15) is 27.9 Å². The summed E-state index contributed by atoms with van der Waals surface area (Å²) in [5.74, 6) is -0.233.